The summed E-state index contributed by atoms with van der Waals surface area (Å²) in [6.07, 6.45) is 3.24. The SMILES string of the molecule is COC(=O)c1occc1CNCc1nccs1. The van der Waals surface area contributed by atoms with Crippen LogP contribution in [0, 0.1) is 0 Å². The zero-order valence-corrected chi connectivity index (χ0v) is 10.1. The molecule has 0 aliphatic carbocycles. The van der Waals surface area contributed by atoms with Crippen molar-refractivity contribution in [1.82, 2.24) is 10.3 Å². The average molecular weight is 252 g/mol. The van der Waals surface area contributed by atoms with Crippen molar-refractivity contribution >= 4 is 17.3 Å². The molecule has 0 spiro atoms. The first-order valence-corrected chi connectivity index (χ1v) is 5.93. The topological polar surface area (TPSA) is 64.4 Å². The standard InChI is InChI=1S/C11H12N2O3S/c1-15-11(14)10-8(2-4-16-10)6-12-7-9-13-3-5-17-9/h2-5,12H,6-7H2,1H3. The van der Waals surface area contributed by atoms with Gasteiger partial charge in [-0.05, 0) is 6.07 Å². The monoisotopic (exact) mass is 252 g/mol. The number of thiazole rings is 1. The molecular weight excluding hydrogens is 240 g/mol. The van der Waals surface area contributed by atoms with Crippen molar-refractivity contribution in [2.24, 2.45) is 0 Å². The lowest BCUT2D eigenvalue weighted by atomic mass is 10.2. The molecule has 2 rings (SSSR count). The molecule has 0 aliphatic heterocycles. The van der Waals surface area contributed by atoms with E-state index in [2.05, 4.69) is 15.0 Å². The lowest BCUT2D eigenvalue weighted by Gasteiger charge is -2.02. The second-order valence-corrected chi connectivity index (χ2v) is 4.28. The van der Waals surface area contributed by atoms with E-state index in [9.17, 15) is 4.79 Å². The summed E-state index contributed by atoms with van der Waals surface area (Å²) in [6.45, 7) is 1.21. The summed E-state index contributed by atoms with van der Waals surface area (Å²) in [5, 5.41) is 6.12. The van der Waals surface area contributed by atoms with E-state index in [0.29, 0.717) is 13.1 Å². The van der Waals surface area contributed by atoms with Crippen LogP contribution in [0.4, 0.5) is 0 Å². The molecule has 1 N–H and O–H groups in total. The Bertz CT molecular complexity index is 479. The minimum Gasteiger partial charge on any atom is -0.463 e. The minimum atomic E-state index is -0.457. The van der Waals surface area contributed by atoms with Crippen molar-refractivity contribution in [3.63, 3.8) is 0 Å². The Morgan fingerprint density at radius 1 is 1.59 bits per heavy atom. The Balaban J connectivity index is 1.91. The second kappa shape index (κ2) is 5.60. The number of carbonyl (C=O) groups is 1. The number of aromatic nitrogens is 1. The fourth-order valence-corrected chi connectivity index (χ4v) is 1.98. The molecule has 17 heavy (non-hydrogen) atoms. The maximum absolute atomic E-state index is 11.3. The van der Waals surface area contributed by atoms with Crippen LogP contribution < -0.4 is 5.32 Å². The number of carbonyl (C=O) groups excluding carboxylic acids is 1. The summed E-state index contributed by atoms with van der Waals surface area (Å²) in [5.74, 6) is -0.208. The molecule has 0 aromatic carbocycles. The molecule has 0 bridgehead atoms. The molecule has 6 heteroatoms. The molecule has 0 amide bonds. The molecule has 0 unspecified atom stereocenters. The summed E-state index contributed by atoms with van der Waals surface area (Å²) in [7, 11) is 1.33. The maximum Gasteiger partial charge on any atom is 0.374 e. The number of nitrogens with one attached hydrogen (secondary N) is 1. The number of rotatable bonds is 5. The van der Waals surface area contributed by atoms with Crippen molar-refractivity contribution in [3.8, 4) is 0 Å². The molecule has 0 atom stereocenters. The van der Waals surface area contributed by atoms with Gasteiger partial charge in [-0.2, -0.15) is 0 Å². The molecule has 0 aliphatic rings. The number of methoxy groups -OCH3 is 1. The van der Waals surface area contributed by atoms with E-state index in [-0.39, 0.29) is 5.76 Å². The summed E-state index contributed by atoms with van der Waals surface area (Å²) in [6, 6.07) is 1.75. The van der Waals surface area contributed by atoms with Gasteiger partial charge in [-0.25, -0.2) is 9.78 Å². The van der Waals surface area contributed by atoms with Gasteiger partial charge in [0.05, 0.1) is 13.4 Å². The lowest BCUT2D eigenvalue weighted by Crippen LogP contribution is -2.14. The van der Waals surface area contributed by atoms with Crippen LogP contribution in [0.25, 0.3) is 0 Å². The van der Waals surface area contributed by atoms with Crippen LogP contribution >= 0.6 is 11.3 Å². The van der Waals surface area contributed by atoms with E-state index in [1.165, 1.54) is 13.4 Å². The first-order valence-electron chi connectivity index (χ1n) is 5.05. The van der Waals surface area contributed by atoms with Gasteiger partial charge in [-0.3, -0.25) is 0 Å². The van der Waals surface area contributed by atoms with Gasteiger partial charge in [-0.15, -0.1) is 11.3 Å². The van der Waals surface area contributed by atoms with Gasteiger partial charge < -0.3 is 14.5 Å². The van der Waals surface area contributed by atoms with E-state index in [4.69, 9.17) is 4.42 Å². The molecule has 0 saturated heterocycles. The fraction of sp³-hybridized carbons (Fsp3) is 0.273. The molecule has 2 heterocycles. The third-order valence-corrected chi connectivity index (χ3v) is 2.97. The average Bonchev–Trinajstić information content (AvgIpc) is 2.99. The van der Waals surface area contributed by atoms with Gasteiger partial charge in [0, 0.05) is 30.2 Å². The van der Waals surface area contributed by atoms with Gasteiger partial charge in [0.1, 0.15) is 5.01 Å². The summed E-state index contributed by atoms with van der Waals surface area (Å²) in [5.41, 5.74) is 0.786. The number of ether oxygens (including phenoxy) is 1. The third kappa shape index (κ3) is 2.92. The number of hydrogen-bond donors (Lipinski definition) is 1. The highest BCUT2D eigenvalue weighted by atomic mass is 32.1. The van der Waals surface area contributed by atoms with Crippen LogP contribution in [0.1, 0.15) is 21.1 Å². The first kappa shape index (κ1) is 11.8. The van der Waals surface area contributed by atoms with Crippen LogP contribution in [0.15, 0.2) is 28.3 Å². The first-order chi connectivity index (χ1) is 8.31. The van der Waals surface area contributed by atoms with Crippen molar-refractivity contribution in [1.29, 1.82) is 0 Å². The molecule has 2 aromatic rings. The highest BCUT2D eigenvalue weighted by Crippen LogP contribution is 2.12. The van der Waals surface area contributed by atoms with Gasteiger partial charge in [-0.1, -0.05) is 0 Å². The zero-order chi connectivity index (χ0) is 12.1. The summed E-state index contributed by atoms with van der Waals surface area (Å²) in [4.78, 5) is 15.5. The molecular formula is C11H12N2O3S. The van der Waals surface area contributed by atoms with E-state index >= 15 is 0 Å². The van der Waals surface area contributed by atoms with Crippen LogP contribution in [-0.4, -0.2) is 18.1 Å². The number of furan rings is 1. The smallest absolute Gasteiger partial charge is 0.374 e. The van der Waals surface area contributed by atoms with Crippen LogP contribution in [0.5, 0.6) is 0 Å². The van der Waals surface area contributed by atoms with E-state index in [0.717, 1.165) is 10.6 Å². The Morgan fingerprint density at radius 3 is 3.18 bits per heavy atom. The Morgan fingerprint density at radius 2 is 2.47 bits per heavy atom. The molecule has 0 saturated carbocycles. The normalized spacial score (nSPS) is 10.4. The number of hydrogen-bond acceptors (Lipinski definition) is 6. The molecule has 90 valence electrons. The van der Waals surface area contributed by atoms with Crippen molar-refractivity contribution in [2.75, 3.05) is 7.11 Å². The Labute approximate surface area is 102 Å². The highest BCUT2D eigenvalue weighted by Gasteiger charge is 2.15. The van der Waals surface area contributed by atoms with Gasteiger partial charge in [0.25, 0.3) is 0 Å². The Hall–Kier alpha value is -1.66. The van der Waals surface area contributed by atoms with Gasteiger partial charge in [0.2, 0.25) is 5.76 Å². The lowest BCUT2D eigenvalue weighted by molar-refractivity contribution is 0.0563. The fourth-order valence-electron chi connectivity index (χ4n) is 1.39. The number of nitrogens with zero attached hydrogens (tertiary/aromatic N) is 1. The minimum absolute atomic E-state index is 0.249. The quantitative estimate of drug-likeness (QED) is 0.822. The van der Waals surface area contributed by atoms with Gasteiger partial charge in [0.15, 0.2) is 0 Å². The predicted octanol–water partition coefficient (Wildman–Crippen LogP) is 1.81. The van der Waals surface area contributed by atoms with Crippen molar-refractivity contribution in [2.45, 2.75) is 13.1 Å². The second-order valence-electron chi connectivity index (χ2n) is 3.30. The molecule has 5 nitrogen and oxygen atoms in total. The van der Waals surface area contributed by atoms with E-state index in [1.54, 1.807) is 23.6 Å². The molecule has 0 radical (unpaired) electrons. The largest absolute Gasteiger partial charge is 0.463 e. The molecule has 0 fully saturated rings. The van der Waals surface area contributed by atoms with Crippen LogP contribution in [-0.2, 0) is 17.8 Å². The van der Waals surface area contributed by atoms with Crippen LogP contribution in [0.3, 0.4) is 0 Å². The van der Waals surface area contributed by atoms with E-state index < -0.39 is 5.97 Å². The number of esters is 1. The highest BCUT2D eigenvalue weighted by molar-refractivity contribution is 7.09. The maximum atomic E-state index is 11.3. The zero-order valence-electron chi connectivity index (χ0n) is 9.30. The third-order valence-electron chi connectivity index (χ3n) is 2.19. The van der Waals surface area contributed by atoms with Crippen LogP contribution in [0.2, 0.25) is 0 Å². The Kier molecular flexibility index (Phi) is 3.89. The van der Waals surface area contributed by atoms with Crippen molar-refractivity contribution in [3.05, 3.63) is 40.2 Å². The molecule has 2 aromatic heterocycles. The summed E-state index contributed by atoms with van der Waals surface area (Å²) >= 11 is 1.59. The van der Waals surface area contributed by atoms with E-state index in [1.807, 2.05) is 5.38 Å². The summed E-state index contributed by atoms with van der Waals surface area (Å²) < 4.78 is 9.69. The van der Waals surface area contributed by atoms with Gasteiger partial charge >= 0.3 is 5.97 Å². The van der Waals surface area contributed by atoms with Crippen molar-refractivity contribution < 1.29 is 13.9 Å². The predicted molar refractivity (Wildman–Crippen MR) is 62.7 cm³/mol.